The number of rotatable bonds is 6. The van der Waals surface area contributed by atoms with Crippen LogP contribution >= 0.6 is 0 Å². The van der Waals surface area contributed by atoms with E-state index in [1.807, 2.05) is 64.2 Å². The molecule has 6 rings (SSSR count). The van der Waals surface area contributed by atoms with Crippen LogP contribution in [0.3, 0.4) is 0 Å². The molecule has 1 aliphatic heterocycles. The molecule has 0 bridgehead atoms. The topological polar surface area (TPSA) is 128 Å². The lowest BCUT2D eigenvalue weighted by Crippen LogP contribution is -2.40. The van der Waals surface area contributed by atoms with Gasteiger partial charge in [0, 0.05) is 24.7 Å². The van der Waals surface area contributed by atoms with Crippen LogP contribution in [0.25, 0.3) is 28.4 Å². The maximum absolute atomic E-state index is 12.9. The van der Waals surface area contributed by atoms with Gasteiger partial charge in [-0.1, -0.05) is 18.2 Å². The molecule has 10 heteroatoms. The van der Waals surface area contributed by atoms with Crippen LogP contribution in [0.15, 0.2) is 79.5 Å². The van der Waals surface area contributed by atoms with E-state index in [9.17, 15) is 4.79 Å². The zero-order valence-electron chi connectivity index (χ0n) is 20.6. The number of nitrogens with zero attached hydrogens (tertiary/aromatic N) is 6. The molecule has 0 radical (unpaired) electrons. The Morgan fingerprint density at radius 3 is 2.68 bits per heavy atom. The summed E-state index contributed by atoms with van der Waals surface area (Å²) in [4.78, 5) is 30.4. The number of para-hydroxylation sites is 1. The highest BCUT2D eigenvalue weighted by molar-refractivity contribution is 5.98. The van der Waals surface area contributed by atoms with Crippen molar-refractivity contribution in [2.75, 3.05) is 18.8 Å². The van der Waals surface area contributed by atoms with Crippen molar-refractivity contribution in [2.45, 2.75) is 18.9 Å². The highest BCUT2D eigenvalue weighted by atomic mass is 16.5. The molecular weight excluding hydrogens is 480 g/mol. The van der Waals surface area contributed by atoms with Gasteiger partial charge in [0.1, 0.15) is 29.3 Å². The molecule has 1 fully saturated rings. The van der Waals surface area contributed by atoms with E-state index < -0.39 is 0 Å². The van der Waals surface area contributed by atoms with E-state index in [2.05, 4.69) is 19.9 Å². The summed E-state index contributed by atoms with van der Waals surface area (Å²) in [5.41, 5.74) is 9.33. The molecule has 5 aromatic rings. The van der Waals surface area contributed by atoms with E-state index in [-0.39, 0.29) is 11.9 Å². The van der Waals surface area contributed by atoms with Gasteiger partial charge in [-0.3, -0.25) is 4.79 Å². The average molecular weight is 507 g/mol. The number of carbonyl (C=O) groups excluding carboxylic acids is 1. The number of nitrogens with two attached hydrogens (primary N) is 1. The van der Waals surface area contributed by atoms with Crippen LogP contribution in [-0.2, 0) is 4.79 Å². The van der Waals surface area contributed by atoms with Crippen LogP contribution in [0.1, 0.15) is 24.6 Å². The summed E-state index contributed by atoms with van der Waals surface area (Å²) in [7, 11) is 0. The number of hydrogen-bond acceptors (Lipinski definition) is 7. The van der Waals surface area contributed by atoms with E-state index >= 15 is 0 Å². The maximum Gasteiger partial charge on any atom is 0.246 e. The molecule has 1 aliphatic rings. The van der Waals surface area contributed by atoms with Crippen LogP contribution in [0.2, 0.25) is 0 Å². The molecule has 1 atom stereocenters. The second kappa shape index (κ2) is 10.2. The number of benzene rings is 2. The number of ether oxygens (including phenoxy) is 1. The van der Waals surface area contributed by atoms with E-state index in [0.29, 0.717) is 35.6 Å². The Morgan fingerprint density at radius 1 is 1.08 bits per heavy atom. The number of anilines is 1. The van der Waals surface area contributed by atoms with Crippen LogP contribution < -0.4 is 10.5 Å². The summed E-state index contributed by atoms with van der Waals surface area (Å²) < 4.78 is 7.83. The summed E-state index contributed by atoms with van der Waals surface area (Å²) in [6.45, 7) is 1.21. The molecule has 10 nitrogen and oxygen atoms in total. The van der Waals surface area contributed by atoms with Gasteiger partial charge in [0.25, 0.3) is 0 Å². The van der Waals surface area contributed by atoms with Crippen molar-refractivity contribution in [3.05, 3.63) is 85.2 Å². The Balaban J connectivity index is 1.28. The van der Waals surface area contributed by atoms with Crippen molar-refractivity contribution in [1.29, 1.82) is 0 Å². The second-order valence-corrected chi connectivity index (χ2v) is 9.11. The number of carbonyl (C=O) groups is 1. The SMILES string of the molecule is Nc1ncnc2c1c(-c1ccc(Oc3ccccc3)cc1)nn2C1CCCN(C(=O)/C=C/c2cnc[nH]2)C1. The molecule has 0 aliphatic carbocycles. The van der Waals surface area contributed by atoms with E-state index in [1.165, 1.54) is 6.33 Å². The van der Waals surface area contributed by atoms with Crippen molar-refractivity contribution in [1.82, 2.24) is 34.6 Å². The minimum absolute atomic E-state index is 0.0421. The number of aromatic nitrogens is 6. The zero-order valence-corrected chi connectivity index (χ0v) is 20.6. The average Bonchev–Trinajstić information content (AvgIpc) is 3.62. The third kappa shape index (κ3) is 4.71. The molecule has 3 N–H and O–H groups in total. The van der Waals surface area contributed by atoms with Gasteiger partial charge < -0.3 is 20.4 Å². The first-order chi connectivity index (χ1) is 18.7. The summed E-state index contributed by atoms with van der Waals surface area (Å²) in [6, 6.07) is 17.3. The van der Waals surface area contributed by atoms with Crippen molar-refractivity contribution in [3.8, 4) is 22.8 Å². The monoisotopic (exact) mass is 506 g/mol. The summed E-state index contributed by atoms with van der Waals surface area (Å²) in [5, 5.41) is 5.66. The van der Waals surface area contributed by atoms with Gasteiger partial charge in [0.2, 0.25) is 5.91 Å². The highest BCUT2D eigenvalue weighted by Crippen LogP contribution is 2.34. The van der Waals surface area contributed by atoms with E-state index in [0.717, 1.165) is 35.6 Å². The van der Waals surface area contributed by atoms with E-state index in [1.54, 1.807) is 24.7 Å². The maximum atomic E-state index is 12.9. The molecule has 1 amide bonds. The van der Waals surface area contributed by atoms with Crippen molar-refractivity contribution < 1.29 is 9.53 Å². The first-order valence-electron chi connectivity index (χ1n) is 12.4. The summed E-state index contributed by atoms with van der Waals surface area (Å²) in [5.74, 6) is 1.80. The molecule has 1 unspecified atom stereocenters. The van der Waals surface area contributed by atoms with Crippen molar-refractivity contribution in [3.63, 3.8) is 0 Å². The predicted octanol–water partition coefficient (Wildman–Crippen LogP) is 4.47. The first kappa shape index (κ1) is 23.4. The van der Waals surface area contributed by atoms with Gasteiger partial charge in [0.15, 0.2) is 5.65 Å². The van der Waals surface area contributed by atoms with Crippen molar-refractivity contribution in [2.24, 2.45) is 0 Å². The summed E-state index contributed by atoms with van der Waals surface area (Å²) >= 11 is 0. The smallest absolute Gasteiger partial charge is 0.246 e. The van der Waals surface area contributed by atoms with E-state index in [4.69, 9.17) is 15.6 Å². The predicted molar refractivity (Wildman–Crippen MR) is 144 cm³/mol. The van der Waals surface area contributed by atoms with Crippen LogP contribution in [0, 0.1) is 0 Å². The van der Waals surface area contributed by atoms with Gasteiger partial charge in [-0.05, 0) is 55.3 Å². The Bertz CT molecular complexity index is 1580. The fourth-order valence-corrected chi connectivity index (χ4v) is 4.74. The minimum Gasteiger partial charge on any atom is -0.457 e. The third-order valence-corrected chi connectivity index (χ3v) is 6.60. The molecule has 1 saturated heterocycles. The fourth-order valence-electron chi connectivity index (χ4n) is 4.74. The molecule has 0 spiro atoms. The number of H-pyrrole nitrogens is 1. The Morgan fingerprint density at radius 2 is 1.89 bits per heavy atom. The minimum atomic E-state index is -0.0517. The largest absolute Gasteiger partial charge is 0.457 e. The number of likely N-dealkylation sites (tertiary alicyclic amines) is 1. The molecular formula is C28H26N8O2. The Hall–Kier alpha value is -4.99. The second-order valence-electron chi connectivity index (χ2n) is 9.11. The zero-order chi connectivity index (χ0) is 25.9. The lowest BCUT2D eigenvalue weighted by molar-refractivity contribution is -0.127. The quantitative estimate of drug-likeness (QED) is 0.325. The third-order valence-electron chi connectivity index (χ3n) is 6.60. The molecule has 4 heterocycles. The molecule has 38 heavy (non-hydrogen) atoms. The number of hydrogen-bond donors (Lipinski definition) is 2. The number of nitrogen functional groups attached to an aromatic ring is 1. The fraction of sp³-hybridized carbons (Fsp3) is 0.179. The van der Waals surface area contributed by atoms with Gasteiger partial charge in [-0.2, -0.15) is 5.10 Å². The number of nitrogens with one attached hydrogen (secondary N) is 1. The van der Waals surface area contributed by atoms with Gasteiger partial charge in [-0.25, -0.2) is 19.6 Å². The van der Waals surface area contributed by atoms with Gasteiger partial charge in [-0.15, -0.1) is 0 Å². The molecule has 2 aromatic carbocycles. The van der Waals surface area contributed by atoms with Crippen molar-refractivity contribution >= 4 is 28.8 Å². The standard InChI is InChI=1S/C28H26N8O2/c29-27-25-26(19-8-11-23(12-9-19)38-22-6-2-1-3-7-22)34-36(28(25)33-18-32-27)21-5-4-14-35(16-21)24(37)13-10-20-15-30-17-31-20/h1-3,6-13,15,17-18,21H,4-5,14,16H2,(H,30,31)(H2,29,32,33)/b13-10+. The Kier molecular flexibility index (Phi) is 6.27. The Labute approximate surface area is 218 Å². The number of imidazole rings is 1. The number of aromatic amines is 1. The van der Waals surface area contributed by atoms with Gasteiger partial charge in [0.05, 0.1) is 29.6 Å². The first-order valence-corrected chi connectivity index (χ1v) is 12.4. The van der Waals surface area contributed by atoms with Crippen LogP contribution in [0.4, 0.5) is 5.82 Å². The molecule has 0 saturated carbocycles. The number of fused-ring (bicyclic) bond motifs is 1. The number of amides is 1. The highest BCUT2D eigenvalue weighted by Gasteiger charge is 2.28. The lowest BCUT2D eigenvalue weighted by atomic mass is 10.1. The lowest BCUT2D eigenvalue weighted by Gasteiger charge is -2.32. The summed E-state index contributed by atoms with van der Waals surface area (Å²) in [6.07, 6.45) is 9.75. The van der Waals surface area contributed by atoms with Gasteiger partial charge >= 0.3 is 0 Å². The normalized spacial score (nSPS) is 15.8. The number of piperidine rings is 1. The molecule has 3 aromatic heterocycles. The van der Waals surface area contributed by atoms with Crippen LogP contribution in [-0.4, -0.2) is 53.6 Å². The van der Waals surface area contributed by atoms with Crippen LogP contribution in [0.5, 0.6) is 11.5 Å². The molecule has 190 valence electrons.